The van der Waals surface area contributed by atoms with Crippen LogP contribution < -0.4 is 22.1 Å². The first-order chi connectivity index (χ1) is 11.6. The molecule has 142 valence electrons. The minimum Gasteiger partial charge on any atom is -0.481 e. The summed E-state index contributed by atoms with van der Waals surface area (Å²) in [6, 6.07) is -1.50. The van der Waals surface area contributed by atoms with Crippen molar-refractivity contribution in [2.45, 2.75) is 51.1 Å². The van der Waals surface area contributed by atoms with E-state index < -0.39 is 36.2 Å². The van der Waals surface area contributed by atoms with Gasteiger partial charge in [0.15, 0.2) is 0 Å². The van der Waals surface area contributed by atoms with Gasteiger partial charge in [-0.25, -0.2) is 0 Å². The number of hydrogen-bond donors (Lipinski definition) is 5. The number of hydrogen-bond acceptors (Lipinski definition) is 6. The van der Waals surface area contributed by atoms with Crippen molar-refractivity contribution in [1.29, 1.82) is 0 Å². The SMILES string of the molecule is C=CC(C)N(C)C(=O)C(NC(C)=O)C1CC(C(=O)O)CC1NC(N)N. The minimum absolute atomic E-state index is 0.233. The Hall–Kier alpha value is -1.97. The van der Waals surface area contributed by atoms with Gasteiger partial charge in [-0.2, -0.15) is 0 Å². The van der Waals surface area contributed by atoms with Crippen molar-refractivity contribution in [2.24, 2.45) is 23.3 Å². The highest BCUT2D eigenvalue weighted by molar-refractivity contribution is 5.87. The molecule has 5 unspecified atom stereocenters. The average molecular weight is 355 g/mol. The van der Waals surface area contributed by atoms with Crippen LogP contribution in [0.15, 0.2) is 12.7 Å². The Bertz CT molecular complexity index is 525. The first-order valence-corrected chi connectivity index (χ1v) is 8.24. The van der Waals surface area contributed by atoms with E-state index in [0.717, 1.165) is 0 Å². The second-order valence-corrected chi connectivity index (χ2v) is 6.57. The summed E-state index contributed by atoms with van der Waals surface area (Å²) in [6.45, 7) is 6.79. The third-order valence-electron chi connectivity index (χ3n) is 4.72. The van der Waals surface area contributed by atoms with Crippen molar-refractivity contribution >= 4 is 17.8 Å². The highest BCUT2D eigenvalue weighted by atomic mass is 16.4. The fourth-order valence-electron chi connectivity index (χ4n) is 3.23. The van der Waals surface area contributed by atoms with Gasteiger partial charge >= 0.3 is 5.97 Å². The predicted octanol–water partition coefficient (Wildman–Crippen LogP) is -1.21. The molecule has 0 bridgehead atoms. The Balaban J connectivity index is 3.12. The summed E-state index contributed by atoms with van der Waals surface area (Å²) in [4.78, 5) is 37.4. The molecule has 1 saturated carbocycles. The third kappa shape index (κ3) is 5.52. The Morgan fingerprint density at radius 1 is 1.32 bits per heavy atom. The molecule has 2 amide bonds. The topological polar surface area (TPSA) is 151 Å². The molecule has 1 aliphatic rings. The molecule has 9 heteroatoms. The molecule has 0 saturated heterocycles. The lowest BCUT2D eigenvalue weighted by Crippen LogP contribution is -2.58. The zero-order valence-electron chi connectivity index (χ0n) is 14.9. The maximum Gasteiger partial charge on any atom is 0.306 e. The second-order valence-electron chi connectivity index (χ2n) is 6.57. The maximum absolute atomic E-state index is 12.9. The monoisotopic (exact) mass is 355 g/mol. The van der Waals surface area contributed by atoms with Gasteiger partial charge in [-0.3, -0.25) is 19.7 Å². The normalized spacial score (nSPS) is 25.3. The number of nitrogens with one attached hydrogen (secondary N) is 2. The van der Waals surface area contributed by atoms with E-state index in [2.05, 4.69) is 17.2 Å². The largest absolute Gasteiger partial charge is 0.481 e. The van der Waals surface area contributed by atoms with Crippen LogP contribution in [0.3, 0.4) is 0 Å². The van der Waals surface area contributed by atoms with E-state index in [0.29, 0.717) is 0 Å². The molecule has 1 fully saturated rings. The highest BCUT2D eigenvalue weighted by Crippen LogP contribution is 2.34. The smallest absolute Gasteiger partial charge is 0.306 e. The molecule has 0 heterocycles. The molecular formula is C16H29N5O4. The standard InChI is InChI=1S/C16H29N5O4/c1-5-8(2)21(4)14(23)13(19-9(3)22)11-6-10(15(24)25)7-12(11)20-16(17)18/h5,8,10-13,16,20H,1,6-7,17-18H2,2-4H3,(H,19,22)(H,24,25). The van der Waals surface area contributed by atoms with Crippen LogP contribution in [0.25, 0.3) is 0 Å². The molecule has 5 atom stereocenters. The number of carbonyl (C=O) groups is 3. The predicted molar refractivity (Wildman–Crippen MR) is 93.0 cm³/mol. The zero-order chi connectivity index (χ0) is 19.3. The van der Waals surface area contributed by atoms with Crippen molar-refractivity contribution in [3.63, 3.8) is 0 Å². The second kappa shape index (κ2) is 8.93. The summed E-state index contributed by atoms with van der Waals surface area (Å²) in [7, 11) is 1.62. The van der Waals surface area contributed by atoms with Gasteiger partial charge in [0.1, 0.15) is 12.3 Å². The van der Waals surface area contributed by atoms with Crippen molar-refractivity contribution in [3.8, 4) is 0 Å². The van der Waals surface area contributed by atoms with Crippen molar-refractivity contribution < 1.29 is 19.5 Å². The molecule has 1 aliphatic carbocycles. The summed E-state index contributed by atoms with van der Waals surface area (Å²) in [6.07, 6.45) is 1.29. The molecule has 0 radical (unpaired) electrons. The molecule has 9 nitrogen and oxygen atoms in total. The summed E-state index contributed by atoms with van der Waals surface area (Å²) in [5.74, 6) is -2.69. The summed E-state index contributed by atoms with van der Waals surface area (Å²) in [5.41, 5.74) is 11.2. The number of carboxylic acids is 1. The molecule has 0 spiro atoms. The van der Waals surface area contributed by atoms with Gasteiger partial charge in [-0.05, 0) is 19.8 Å². The van der Waals surface area contributed by atoms with Gasteiger partial charge in [0.25, 0.3) is 0 Å². The number of rotatable bonds is 8. The molecule has 0 aliphatic heterocycles. The lowest BCUT2D eigenvalue weighted by atomic mass is 9.92. The summed E-state index contributed by atoms with van der Waals surface area (Å²) < 4.78 is 0. The van der Waals surface area contributed by atoms with Gasteiger partial charge in [0.2, 0.25) is 11.8 Å². The Morgan fingerprint density at radius 2 is 1.92 bits per heavy atom. The van der Waals surface area contributed by atoms with Gasteiger partial charge in [-0.1, -0.05) is 6.08 Å². The van der Waals surface area contributed by atoms with Crippen LogP contribution in [-0.2, 0) is 14.4 Å². The lowest BCUT2D eigenvalue weighted by molar-refractivity contribution is -0.142. The van der Waals surface area contributed by atoms with E-state index in [9.17, 15) is 19.5 Å². The quantitative estimate of drug-likeness (QED) is 0.271. The first kappa shape index (κ1) is 21.1. The molecule has 25 heavy (non-hydrogen) atoms. The van der Waals surface area contributed by atoms with Crippen LogP contribution >= 0.6 is 0 Å². The van der Waals surface area contributed by atoms with Gasteiger partial charge in [-0.15, -0.1) is 6.58 Å². The molecular weight excluding hydrogens is 326 g/mol. The lowest BCUT2D eigenvalue weighted by Gasteiger charge is -2.34. The van der Waals surface area contributed by atoms with Crippen molar-refractivity contribution in [1.82, 2.24) is 15.5 Å². The van der Waals surface area contributed by atoms with Gasteiger partial charge < -0.3 is 26.8 Å². The number of amides is 2. The maximum atomic E-state index is 12.9. The number of carbonyl (C=O) groups excluding carboxylic acids is 2. The van der Waals surface area contributed by atoms with E-state index in [1.807, 2.05) is 0 Å². The van der Waals surface area contributed by atoms with Crippen LogP contribution in [0, 0.1) is 11.8 Å². The fourth-order valence-corrected chi connectivity index (χ4v) is 3.23. The van der Waals surface area contributed by atoms with Crippen molar-refractivity contribution in [2.75, 3.05) is 7.05 Å². The summed E-state index contributed by atoms with van der Waals surface area (Å²) >= 11 is 0. The number of nitrogens with two attached hydrogens (primary N) is 2. The van der Waals surface area contributed by atoms with Crippen LogP contribution in [0.4, 0.5) is 0 Å². The molecule has 0 aromatic carbocycles. The molecule has 1 rings (SSSR count). The van der Waals surface area contributed by atoms with E-state index in [4.69, 9.17) is 11.5 Å². The van der Waals surface area contributed by atoms with E-state index in [1.54, 1.807) is 20.0 Å². The first-order valence-electron chi connectivity index (χ1n) is 8.24. The average Bonchev–Trinajstić information content (AvgIpc) is 2.93. The molecule has 0 aromatic heterocycles. The Kier molecular flexibility index (Phi) is 7.53. The van der Waals surface area contributed by atoms with E-state index in [-0.39, 0.29) is 30.7 Å². The fraction of sp³-hybridized carbons (Fsp3) is 0.688. The number of nitrogens with zero attached hydrogens (tertiary/aromatic N) is 1. The van der Waals surface area contributed by atoms with Crippen LogP contribution in [0.1, 0.15) is 26.7 Å². The number of aliphatic carboxylic acids is 1. The number of carboxylic acid groups (broad SMARTS) is 1. The van der Waals surface area contributed by atoms with E-state index in [1.165, 1.54) is 11.8 Å². The van der Waals surface area contributed by atoms with E-state index >= 15 is 0 Å². The molecule has 0 aromatic rings. The van der Waals surface area contributed by atoms with Crippen LogP contribution in [0.5, 0.6) is 0 Å². The van der Waals surface area contributed by atoms with Crippen LogP contribution in [-0.4, -0.2) is 59.3 Å². The Morgan fingerprint density at radius 3 is 2.36 bits per heavy atom. The van der Waals surface area contributed by atoms with Gasteiger partial charge in [0.05, 0.1) is 5.92 Å². The summed E-state index contributed by atoms with van der Waals surface area (Å²) in [5, 5.41) is 14.9. The van der Waals surface area contributed by atoms with Crippen molar-refractivity contribution in [3.05, 3.63) is 12.7 Å². The van der Waals surface area contributed by atoms with Gasteiger partial charge in [0, 0.05) is 32.0 Å². The minimum atomic E-state index is -0.943. The Labute approximate surface area is 147 Å². The third-order valence-corrected chi connectivity index (χ3v) is 4.72. The number of likely N-dealkylation sites (N-methyl/N-ethyl adjacent to an activating group) is 1. The molecule has 7 N–H and O–H groups in total. The highest BCUT2D eigenvalue weighted by Gasteiger charge is 2.45. The zero-order valence-corrected chi connectivity index (χ0v) is 14.9. The van der Waals surface area contributed by atoms with Crippen LogP contribution in [0.2, 0.25) is 0 Å².